The lowest BCUT2D eigenvalue weighted by atomic mass is 10.2. The number of hydrogen-bond donors (Lipinski definition) is 1. The van der Waals surface area contributed by atoms with E-state index in [1.54, 1.807) is 0 Å². The van der Waals surface area contributed by atoms with Crippen LogP contribution >= 0.6 is 59.1 Å². The summed E-state index contributed by atoms with van der Waals surface area (Å²) in [5, 5.41) is 3.47. The predicted octanol–water partition coefficient (Wildman–Crippen LogP) is 5.32. The molecule has 2 rings (SSSR count). The number of nitrogens with zero attached hydrogens (tertiary/aromatic N) is 1. The van der Waals surface area contributed by atoms with Crippen LogP contribution in [0.3, 0.4) is 0 Å². The number of anilines is 1. The van der Waals surface area contributed by atoms with Crippen LogP contribution < -0.4 is 5.32 Å². The van der Waals surface area contributed by atoms with Gasteiger partial charge in [-0.15, -0.1) is 0 Å². The first-order chi connectivity index (χ1) is 9.01. The number of hydrogen-bond acceptors (Lipinski definition) is 3. The second-order valence-corrected chi connectivity index (χ2v) is 7.90. The molecule has 3 nitrogen and oxygen atoms in total. The number of aromatic nitrogens is 1. The molecule has 0 bridgehead atoms. The lowest BCUT2D eigenvalue weighted by Crippen LogP contribution is -2.22. The molecule has 2 aromatic rings. The van der Waals surface area contributed by atoms with Crippen LogP contribution in [0.15, 0.2) is 21.1 Å². The molecule has 102 valence electrons. The first-order valence-electron chi connectivity index (χ1n) is 5.71. The number of halogens is 3. The average Bonchev–Trinajstić information content (AvgIpc) is 2.72. The van der Waals surface area contributed by atoms with E-state index in [4.69, 9.17) is 0 Å². The summed E-state index contributed by atoms with van der Waals surface area (Å²) in [5.74, 6) is -0.0453. The van der Waals surface area contributed by atoms with E-state index in [2.05, 4.69) is 58.1 Å². The quantitative estimate of drug-likeness (QED) is 0.614. The maximum absolute atomic E-state index is 11.9. The van der Waals surface area contributed by atoms with Crippen LogP contribution in [-0.4, -0.2) is 15.7 Å². The minimum Gasteiger partial charge on any atom is -0.301 e. The van der Waals surface area contributed by atoms with E-state index in [9.17, 15) is 4.79 Å². The minimum absolute atomic E-state index is 0.0453. The number of fused-ring (bicyclic) bond motifs is 1. The van der Waals surface area contributed by atoms with Gasteiger partial charge < -0.3 is 5.32 Å². The first kappa shape index (κ1) is 15.4. The number of benzene rings is 1. The van der Waals surface area contributed by atoms with E-state index >= 15 is 0 Å². The standard InChI is InChI=1S/C12H11Br3N2OS/c1-2-3-7(14)11(18)17-12-16-10-8(15)4-6(13)5-9(10)19-12/h4-5,7H,2-3H2,1H3,(H,16,17,18)/t7-/m1/s1. The maximum Gasteiger partial charge on any atom is 0.239 e. The third-order valence-electron chi connectivity index (χ3n) is 2.47. The molecular weight excluding hydrogens is 460 g/mol. The fourth-order valence-corrected chi connectivity index (χ4v) is 4.68. The van der Waals surface area contributed by atoms with E-state index in [0.717, 1.165) is 32.0 Å². The van der Waals surface area contributed by atoms with Gasteiger partial charge in [0.15, 0.2) is 5.13 Å². The van der Waals surface area contributed by atoms with Crippen LogP contribution in [0.4, 0.5) is 5.13 Å². The Morgan fingerprint density at radius 2 is 2.21 bits per heavy atom. The van der Waals surface area contributed by atoms with Crippen molar-refractivity contribution >= 4 is 80.4 Å². The Morgan fingerprint density at radius 3 is 2.89 bits per heavy atom. The van der Waals surface area contributed by atoms with Crippen LogP contribution in [0.1, 0.15) is 19.8 Å². The lowest BCUT2D eigenvalue weighted by molar-refractivity contribution is -0.115. The van der Waals surface area contributed by atoms with Gasteiger partial charge in [0.25, 0.3) is 0 Å². The zero-order chi connectivity index (χ0) is 14.0. The molecule has 0 spiro atoms. The Labute approximate surface area is 140 Å². The number of amides is 1. The number of nitrogens with one attached hydrogen (secondary N) is 1. The molecule has 0 aliphatic rings. The second-order valence-electron chi connectivity index (χ2n) is 4.00. The summed E-state index contributed by atoms with van der Waals surface area (Å²) in [6.07, 6.45) is 1.77. The molecule has 0 aliphatic heterocycles. The summed E-state index contributed by atoms with van der Waals surface area (Å²) in [5.41, 5.74) is 0.866. The summed E-state index contributed by atoms with van der Waals surface area (Å²) in [7, 11) is 0. The van der Waals surface area contributed by atoms with Gasteiger partial charge in [-0.1, -0.05) is 56.5 Å². The van der Waals surface area contributed by atoms with Crippen molar-refractivity contribution in [1.82, 2.24) is 4.98 Å². The largest absolute Gasteiger partial charge is 0.301 e. The number of rotatable bonds is 4. The molecule has 0 aliphatic carbocycles. The van der Waals surface area contributed by atoms with Crippen LogP contribution in [0.5, 0.6) is 0 Å². The lowest BCUT2D eigenvalue weighted by Gasteiger charge is -2.06. The highest BCUT2D eigenvalue weighted by Crippen LogP contribution is 2.34. The van der Waals surface area contributed by atoms with Gasteiger partial charge in [-0.25, -0.2) is 4.98 Å². The van der Waals surface area contributed by atoms with E-state index in [1.807, 2.05) is 19.1 Å². The van der Waals surface area contributed by atoms with Gasteiger partial charge in [0.1, 0.15) is 0 Å². The zero-order valence-electron chi connectivity index (χ0n) is 10.0. The molecule has 1 N–H and O–H groups in total. The second kappa shape index (κ2) is 6.65. The summed E-state index contributed by atoms with van der Waals surface area (Å²) in [6.45, 7) is 2.05. The summed E-state index contributed by atoms with van der Waals surface area (Å²) in [6, 6.07) is 3.93. The number of alkyl halides is 1. The number of carbonyl (C=O) groups is 1. The zero-order valence-corrected chi connectivity index (χ0v) is 15.6. The fraction of sp³-hybridized carbons (Fsp3) is 0.333. The van der Waals surface area contributed by atoms with E-state index in [-0.39, 0.29) is 10.7 Å². The summed E-state index contributed by atoms with van der Waals surface area (Å²) in [4.78, 5) is 16.2. The molecule has 1 heterocycles. The Balaban J connectivity index is 2.22. The van der Waals surface area contributed by atoms with Crippen molar-refractivity contribution < 1.29 is 4.79 Å². The summed E-state index contributed by atoms with van der Waals surface area (Å²) >= 11 is 11.8. The SMILES string of the molecule is CCC[C@@H](Br)C(=O)Nc1nc2c(Br)cc(Br)cc2s1. The number of carbonyl (C=O) groups excluding carboxylic acids is 1. The Morgan fingerprint density at radius 1 is 1.47 bits per heavy atom. The van der Waals surface area contributed by atoms with Crippen LogP contribution in [0.2, 0.25) is 0 Å². The van der Waals surface area contributed by atoms with Crippen LogP contribution in [-0.2, 0) is 4.79 Å². The highest BCUT2D eigenvalue weighted by atomic mass is 79.9. The Bertz CT molecular complexity index is 614. The third kappa shape index (κ3) is 3.77. The van der Waals surface area contributed by atoms with Gasteiger partial charge in [0.2, 0.25) is 5.91 Å². The smallest absolute Gasteiger partial charge is 0.239 e. The Kier molecular flexibility index (Phi) is 5.39. The van der Waals surface area contributed by atoms with E-state index in [0.29, 0.717) is 5.13 Å². The summed E-state index contributed by atoms with van der Waals surface area (Å²) < 4.78 is 2.92. The van der Waals surface area contributed by atoms with Crippen molar-refractivity contribution in [2.45, 2.75) is 24.6 Å². The third-order valence-corrected chi connectivity index (χ3v) is 5.32. The van der Waals surface area contributed by atoms with Crippen molar-refractivity contribution in [1.29, 1.82) is 0 Å². The van der Waals surface area contributed by atoms with Gasteiger partial charge >= 0.3 is 0 Å². The van der Waals surface area contributed by atoms with Crippen molar-refractivity contribution in [2.24, 2.45) is 0 Å². The Hall–Kier alpha value is 0.0200. The van der Waals surface area contributed by atoms with Crippen molar-refractivity contribution in [2.75, 3.05) is 5.32 Å². The van der Waals surface area contributed by atoms with Gasteiger partial charge in [-0.05, 0) is 34.5 Å². The van der Waals surface area contributed by atoms with Gasteiger partial charge in [-0.3, -0.25) is 4.79 Å². The number of thiazole rings is 1. The topological polar surface area (TPSA) is 42.0 Å². The molecule has 1 aromatic heterocycles. The molecule has 7 heteroatoms. The molecule has 1 amide bonds. The molecule has 0 unspecified atom stereocenters. The van der Waals surface area contributed by atoms with Crippen molar-refractivity contribution in [3.05, 3.63) is 21.1 Å². The minimum atomic E-state index is -0.167. The molecule has 1 aromatic carbocycles. The predicted molar refractivity (Wildman–Crippen MR) is 91.3 cm³/mol. The van der Waals surface area contributed by atoms with Gasteiger partial charge in [-0.2, -0.15) is 0 Å². The van der Waals surface area contributed by atoms with Gasteiger partial charge in [0, 0.05) is 8.95 Å². The molecular formula is C12H11Br3N2OS. The highest BCUT2D eigenvalue weighted by molar-refractivity contribution is 9.11. The monoisotopic (exact) mass is 468 g/mol. The molecule has 0 saturated carbocycles. The van der Waals surface area contributed by atoms with Crippen LogP contribution in [0, 0.1) is 0 Å². The van der Waals surface area contributed by atoms with Crippen LogP contribution in [0.25, 0.3) is 10.2 Å². The fourth-order valence-electron chi connectivity index (χ4n) is 1.58. The van der Waals surface area contributed by atoms with Crippen molar-refractivity contribution in [3.63, 3.8) is 0 Å². The van der Waals surface area contributed by atoms with Gasteiger partial charge in [0.05, 0.1) is 15.0 Å². The molecule has 0 saturated heterocycles. The normalized spacial score (nSPS) is 12.6. The van der Waals surface area contributed by atoms with E-state index < -0.39 is 0 Å². The molecule has 0 fully saturated rings. The van der Waals surface area contributed by atoms with Crippen molar-refractivity contribution in [3.8, 4) is 0 Å². The average molecular weight is 471 g/mol. The molecule has 0 radical (unpaired) electrons. The van der Waals surface area contributed by atoms with E-state index in [1.165, 1.54) is 11.3 Å². The maximum atomic E-state index is 11.9. The molecule has 1 atom stereocenters. The molecule has 19 heavy (non-hydrogen) atoms. The first-order valence-corrected chi connectivity index (χ1v) is 9.03. The highest BCUT2D eigenvalue weighted by Gasteiger charge is 2.16.